The van der Waals surface area contributed by atoms with Crippen molar-refractivity contribution in [2.75, 3.05) is 39.9 Å². The lowest BCUT2D eigenvalue weighted by molar-refractivity contribution is -0.0818. The fourth-order valence-electron chi connectivity index (χ4n) is 1.89. The average molecular weight is 202 g/mol. The highest BCUT2D eigenvalue weighted by molar-refractivity contribution is 4.75. The first kappa shape index (κ1) is 11.9. The van der Waals surface area contributed by atoms with E-state index in [1.54, 1.807) is 7.11 Å². The lowest BCUT2D eigenvalue weighted by Crippen LogP contribution is -2.48. The highest BCUT2D eigenvalue weighted by atomic mass is 16.5. The number of hydrogen-bond acceptors (Lipinski definition) is 4. The second kappa shape index (κ2) is 6.35. The third kappa shape index (κ3) is 3.92. The Balaban J connectivity index is 2.29. The molecule has 0 amide bonds. The molecule has 0 aromatic rings. The largest absolute Gasteiger partial charge is 0.383 e. The van der Waals surface area contributed by atoms with E-state index in [-0.39, 0.29) is 0 Å². The molecule has 1 aliphatic heterocycles. The zero-order chi connectivity index (χ0) is 10.4. The summed E-state index contributed by atoms with van der Waals surface area (Å²) in [5, 5.41) is 0. The predicted octanol–water partition coefficient (Wildman–Crippen LogP) is 0.0709. The Morgan fingerprint density at radius 3 is 2.93 bits per heavy atom. The van der Waals surface area contributed by atoms with Gasteiger partial charge in [0.15, 0.2) is 0 Å². The Kier molecular flexibility index (Phi) is 5.40. The van der Waals surface area contributed by atoms with E-state index in [2.05, 4.69) is 11.8 Å². The monoisotopic (exact) mass is 202 g/mol. The number of methoxy groups -OCH3 is 1. The Bertz CT molecular complexity index is 155. The van der Waals surface area contributed by atoms with Crippen molar-refractivity contribution in [3.05, 3.63) is 0 Å². The zero-order valence-electron chi connectivity index (χ0n) is 9.24. The van der Waals surface area contributed by atoms with Crippen LogP contribution in [0, 0.1) is 0 Å². The van der Waals surface area contributed by atoms with Crippen LogP contribution in [-0.2, 0) is 9.47 Å². The SMILES string of the molecule is COCCN1CC(C)OC(CCN)C1. The number of ether oxygens (including phenoxy) is 2. The lowest BCUT2D eigenvalue weighted by atomic mass is 10.1. The molecule has 1 aliphatic rings. The maximum atomic E-state index is 5.77. The number of nitrogens with zero attached hydrogens (tertiary/aromatic N) is 1. The van der Waals surface area contributed by atoms with E-state index >= 15 is 0 Å². The van der Waals surface area contributed by atoms with Gasteiger partial charge in [-0.1, -0.05) is 0 Å². The fourth-order valence-corrected chi connectivity index (χ4v) is 1.89. The van der Waals surface area contributed by atoms with E-state index in [0.29, 0.717) is 18.8 Å². The van der Waals surface area contributed by atoms with Crippen molar-refractivity contribution in [3.63, 3.8) is 0 Å². The average Bonchev–Trinajstić information content (AvgIpc) is 2.14. The standard InChI is InChI=1S/C10H22N2O2/c1-9-7-12(5-6-13-2)8-10(14-9)3-4-11/h9-10H,3-8,11H2,1-2H3. The van der Waals surface area contributed by atoms with Gasteiger partial charge in [-0.05, 0) is 19.9 Å². The van der Waals surface area contributed by atoms with E-state index in [1.807, 2.05) is 0 Å². The molecule has 0 saturated carbocycles. The molecule has 2 atom stereocenters. The lowest BCUT2D eigenvalue weighted by Gasteiger charge is -2.36. The molecule has 0 aliphatic carbocycles. The fraction of sp³-hybridized carbons (Fsp3) is 1.00. The molecule has 0 bridgehead atoms. The maximum Gasteiger partial charge on any atom is 0.0718 e. The molecule has 0 spiro atoms. The van der Waals surface area contributed by atoms with Gasteiger partial charge in [0.25, 0.3) is 0 Å². The summed E-state index contributed by atoms with van der Waals surface area (Å²) in [6.45, 7) is 6.60. The molecular formula is C10H22N2O2. The Labute approximate surface area is 86.3 Å². The van der Waals surface area contributed by atoms with E-state index in [9.17, 15) is 0 Å². The summed E-state index contributed by atoms with van der Waals surface area (Å²) in [4.78, 5) is 2.39. The molecular weight excluding hydrogens is 180 g/mol. The summed E-state index contributed by atoms with van der Waals surface area (Å²) in [6, 6.07) is 0. The van der Waals surface area contributed by atoms with Crippen LogP contribution < -0.4 is 5.73 Å². The zero-order valence-corrected chi connectivity index (χ0v) is 9.24. The molecule has 84 valence electrons. The van der Waals surface area contributed by atoms with Crippen LogP contribution in [0.5, 0.6) is 0 Å². The van der Waals surface area contributed by atoms with Gasteiger partial charge in [-0.2, -0.15) is 0 Å². The van der Waals surface area contributed by atoms with Crippen molar-refractivity contribution in [3.8, 4) is 0 Å². The summed E-state index contributed by atoms with van der Waals surface area (Å²) >= 11 is 0. The summed E-state index contributed by atoms with van der Waals surface area (Å²) < 4.78 is 10.8. The highest BCUT2D eigenvalue weighted by Crippen LogP contribution is 2.12. The number of hydrogen-bond donors (Lipinski definition) is 1. The van der Waals surface area contributed by atoms with E-state index < -0.39 is 0 Å². The smallest absolute Gasteiger partial charge is 0.0718 e. The molecule has 0 radical (unpaired) electrons. The second-order valence-corrected chi connectivity index (χ2v) is 3.90. The molecule has 4 heteroatoms. The van der Waals surface area contributed by atoms with Gasteiger partial charge < -0.3 is 15.2 Å². The second-order valence-electron chi connectivity index (χ2n) is 3.90. The highest BCUT2D eigenvalue weighted by Gasteiger charge is 2.23. The van der Waals surface area contributed by atoms with Gasteiger partial charge in [0.2, 0.25) is 0 Å². The molecule has 1 fully saturated rings. The van der Waals surface area contributed by atoms with Gasteiger partial charge >= 0.3 is 0 Å². The summed E-state index contributed by atoms with van der Waals surface area (Å²) in [7, 11) is 1.74. The van der Waals surface area contributed by atoms with Crippen molar-refractivity contribution in [2.45, 2.75) is 25.6 Å². The molecule has 1 rings (SSSR count). The quantitative estimate of drug-likeness (QED) is 0.685. The van der Waals surface area contributed by atoms with E-state index in [0.717, 1.165) is 32.7 Å². The molecule has 2 unspecified atom stereocenters. The van der Waals surface area contributed by atoms with Crippen molar-refractivity contribution >= 4 is 0 Å². The maximum absolute atomic E-state index is 5.77. The van der Waals surface area contributed by atoms with Gasteiger partial charge in [-0.25, -0.2) is 0 Å². The van der Waals surface area contributed by atoms with Gasteiger partial charge in [0.05, 0.1) is 18.8 Å². The minimum Gasteiger partial charge on any atom is -0.383 e. The Hall–Kier alpha value is -0.160. The minimum absolute atomic E-state index is 0.306. The van der Waals surface area contributed by atoms with Crippen molar-refractivity contribution < 1.29 is 9.47 Å². The summed E-state index contributed by atoms with van der Waals surface area (Å²) in [5.74, 6) is 0. The van der Waals surface area contributed by atoms with Crippen LogP contribution in [0.15, 0.2) is 0 Å². The molecule has 2 N–H and O–H groups in total. The van der Waals surface area contributed by atoms with Crippen molar-refractivity contribution in [1.29, 1.82) is 0 Å². The molecule has 14 heavy (non-hydrogen) atoms. The molecule has 0 aromatic heterocycles. The normalized spacial score (nSPS) is 29.4. The first-order chi connectivity index (χ1) is 6.76. The molecule has 1 saturated heterocycles. The van der Waals surface area contributed by atoms with Gasteiger partial charge in [-0.3, -0.25) is 4.90 Å². The van der Waals surface area contributed by atoms with Gasteiger partial charge in [-0.15, -0.1) is 0 Å². The van der Waals surface area contributed by atoms with E-state index in [4.69, 9.17) is 15.2 Å². The summed E-state index contributed by atoms with van der Waals surface area (Å²) in [6.07, 6.45) is 1.58. The third-order valence-electron chi connectivity index (χ3n) is 2.50. The predicted molar refractivity (Wildman–Crippen MR) is 56.3 cm³/mol. The van der Waals surface area contributed by atoms with Crippen molar-refractivity contribution in [1.82, 2.24) is 4.90 Å². The minimum atomic E-state index is 0.306. The molecule has 1 heterocycles. The van der Waals surface area contributed by atoms with Crippen LogP contribution in [0.2, 0.25) is 0 Å². The van der Waals surface area contributed by atoms with Crippen LogP contribution in [0.25, 0.3) is 0 Å². The first-order valence-corrected chi connectivity index (χ1v) is 5.33. The van der Waals surface area contributed by atoms with Crippen LogP contribution in [0.4, 0.5) is 0 Å². The first-order valence-electron chi connectivity index (χ1n) is 5.33. The van der Waals surface area contributed by atoms with Gasteiger partial charge in [0.1, 0.15) is 0 Å². The van der Waals surface area contributed by atoms with Crippen LogP contribution in [0.3, 0.4) is 0 Å². The topological polar surface area (TPSA) is 47.7 Å². The van der Waals surface area contributed by atoms with Crippen LogP contribution >= 0.6 is 0 Å². The van der Waals surface area contributed by atoms with E-state index in [1.165, 1.54) is 0 Å². The number of nitrogens with two attached hydrogens (primary N) is 1. The summed E-state index contributed by atoms with van der Waals surface area (Å²) in [5.41, 5.74) is 5.53. The number of morpholine rings is 1. The third-order valence-corrected chi connectivity index (χ3v) is 2.50. The van der Waals surface area contributed by atoms with Crippen LogP contribution in [0.1, 0.15) is 13.3 Å². The van der Waals surface area contributed by atoms with Crippen molar-refractivity contribution in [2.24, 2.45) is 5.73 Å². The Morgan fingerprint density at radius 2 is 2.29 bits per heavy atom. The molecule has 4 nitrogen and oxygen atoms in total. The molecule has 0 aromatic carbocycles. The number of rotatable bonds is 5. The van der Waals surface area contributed by atoms with Gasteiger partial charge in [0, 0.05) is 26.7 Å². The van der Waals surface area contributed by atoms with Crippen LogP contribution in [-0.4, -0.2) is 57.0 Å². The Morgan fingerprint density at radius 1 is 1.50 bits per heavy atom.